The third kappa shape index (κ3) is 6.34. The lowest BCUT2D eigenvalue weighted by atomic mass is 9.92. The monoisotopic (exact) mass is 480 g/mol. The number of nitrogens with zero attached hydrogens (tertiary/aromatic N) is 4. The lowest BCUT2D eigenvalue weighted by Gasteiger charge is -2.21. The van der Waals surface area contributed by atoms with Gasteiger partial charge in [-0.05, 0) is 39.0 Å². The summed E-state index contributed by atoms with van der Waals surface area (Å²) in [5.41, 5.74) is 5.99. The molecule has 0 aliphatic rings. The number of benzene rings is 1. The van der Waals surface area contributed by atoms with E-state index in [1.807, 2.05) is 0 Å². The summed E-state index contributed by atoms with van der Waals surface area (Å²) in [5, 5.41) is 6.45. The van der Waals surface area contributed by atoms with Gasteiger partial charge in [0.15, 0.2) is 5.82 Å². The Morgan fingerprint density at radius 3 is 2.71 bits per heavy atom. The molecule has 0 saturated carbocycles. The summed E-state index contributed by atoms with van der Waals surface area (Å²) in [6.45, 7) is 4.75. The zero-order valence-electron chi connectivity index (χ0n) is 19.5. The Bertz CT molecular complexity index is 1250. The second-order valence-electron chi connectivity index (χ2n) is 7.84. The number of halogens is 1. The number of carbonyl (C=O) groups excluding carboxylic acids is 2. The molecule has 182 valence electrons. The fourth-order valence-corrected chi connectivity index (χ4v) is 2.80. The van der Waals surface area contributed by atoms with Crippen molar-refractivity contribution in [2.45, 2.75) is 27.3 Å². The highest BCUT2D eigenvalue weighted by atomic mass is 19.1. The molecule has 3 N–H and O–H groups in total. The van der Waals surface area contributed by atoms with Gasteiger partial charge in [-0.3, -0.25) is 14.6 Å². The Hall–Kier alpha value is -4.41. The SMILES string of the molecule is CCOC(=O)C(C)(C)C(=O)Nc1ccnc(C(N)=CC(=NCc2ccccc2F)c2ccon2)n1. The minimum Gasteiger partial charge on any atom is -0.465 e. The molecule has 0 spiro atoms. The molecule has 11 heteroatoms. The van der Waals surface area contributed by atoms with Crippen LogP contribution >= 0.6 is 0 Å². The average molecular weight is 481 g/mol. The number of anilines is 1. The number of esters is 1. The zero-order chi connectivity index (χ0) is 25.4. The second-order valence-corrected chi connectivity index (χ2v) is 7.84. The molecule has 0 atom stereocenters. The molecule has 35 heavy (non-hydrogen) atoms. The van der Waals surface area contributed by atoms with Crippen LogP contribution in [0.3, 0.4) is 0 Å². The van der Waals surface area contributed by atoms with Crippen LogP contribution in [0.1, 0.15) is 37.9 Å². The van der Waals surface area contributed by atoms with Gasteiger partial charge in [0.1, 0.15) is 29.0 Å². The molecule has 10 nitrogen and oxygen atoms in total. The molecule has 3 aromatic rings. The summed E-state index contributed by atoms with van der Waals surface area (Å²) < 4.78 is 23.9. The van der Waals surface area contributed by atoms with Gasteiger partial charge in [-0.15, -0.1) is 0 Å². The molecule has 0 unspecified atom stereocenters. The van der Waals surface area contributed by atoms with Gasteiger partial charge in [0, 0.05) is 17.8 Å². The van der Waals surface area contributed by atoms with Crippen LogP contribution in [0.5, 0.6) is 0 Å². The van der Waals surface area contributed by atoms with Crippen molar-refractivity contribution in [3.8, 4) is 0 Å². The number of amides is 1. The standard InChI is InChI=1S/C24H25FN6O4/c1-4-34-23(33)24(2,3)22(32)30-20-9-11-27-21(29-20)17(26)13-19(18-10-12-35-31-18)28-14-15-7-5-6-8-16(15)25/h5-13H,4,14,26H2,1-3H3,(H,27,29,30,32). The van der Waals surface area contributed by atoms with Crippen molar-refractivity contribution in [3.05, 3.63) is 77.8 Å². The Morgan fingerprint density at radius 2 is 2.03 bits per heavy atom. The van der Waals surface area contributed by atoms with Crippen LogP contribution in [0.25, 0.3) is 5.70 Å². The first-order valence-electron chi connectivity index (χ1n) is 10.7. The predicted molar refractivity (Wildman–Crippen MR) is 126 cm³/mol. The van der Waals surface area contributed by atoms with Crippen molar-refractivity contribution in [2.24, 2.45) is 16.1 Å². The van der Waals surface area contributed by atoms with Crippen molar-refractivity contribution >= 4 is 29.1 Å². The number of ether oxygens (including phenoxy) is 1. The number of carbonyl (C=O) groups is 2. The summed E-state index contributed by atoms with van der Waals surface area (Å²) in [6, 6.07) is 9.32. The van der Waals surface area contributed by atoms with Crippen molar-refractivity contribution in [1.82, 2.24) is 15.1 Å². The maximum atomic E-state index is 14.0. The summed E-state index contributed by atoms with van der Waals surface area (Å²) in [6.07, 6.45) is 4.25. The van der Waals surface area contributed by atoms with Gasteiger partial charge in [-0.2, -0.15) is 0 Å². The molecule has 0 saturated heterocycles. The smallest absolute Gasteiger partial charge is 0.321 e. The van der Waals surface area contributed by atoms with Gasteiger partial charge >= 0.3 is 5.97 Å². The maximum absolute atomic E-state index is 14.0. The quantitative estimate of drug-likeness (QED) is 0.270. The third-order valence-electron chi connectivity index (χ3n) is 4.88. The van der Waals surface area contributed by atoms with Crippen molar-refractivity contribution in [2.75, 3.05) is 11.9 Å². The molecule has 2 aromatic heterocycles. The van der Waals surface area contributed by atoms with Crippen molar-refractivity contribution < 1.29 is 23.2 Å². The molecular weight excluding hydrogens is 455 g/mol. The topological polar surface area (TPSA) is 146 Å². The number of allylic oxidation sites excluding steroid dienone is 1. The van der Waals surface area contributed by atoms with Gasteiger partial charge in [-0.25, -0.2) is 14.4 Å². The van der Waals surface area contributed by atoms with Crippen LogP contribution < -0.4 is 11.1 Å². The lowest BCUT2D eigenvalue weighted by Crippen LogP contribution is -2.39. The minimum absolute atomic E-state index is 0.0402. The van der Waals surface area contributed by atoms with E-state index in [9.17, 15) is 14.0 Å². The number of hydrogen-bond acceptors (Lipinski definition) is 9. The molecule has 1 aromatic carbocycles. The highest BCUT2D eigenvalue weighted by molar-refractivity contribution is 6.10. The first kappa shape index (κ1) is 25.2. The fraction of sp³-hybridized carbons (Fsp3) is 0.250. The first-order chi connectivity index (χ1) is 16.7. The van der Waals surface area contributed by atoms with E-state index in [-0.39, 0.29) is 36.3 Å². The van der Waals surface area contributed by atoms with E-state index in [0.717, 1.165) is 0 Å². The molecule has 0 fully saturated rings. The maximum Gasteiger partial charge on any atom is 0.321 e. The summed E-state index contributed by atoms with van der Waals surface area (Å²) in [4.78, 5) is 37.5. The molecular formula is C24H25FN6O4. The summed E-state index contributed by atoms with van der Waals surface area (Å²) >= 11 is 0. The first-order valence-corrected chi connectivity index (χ1v) is 10.7. The summed E-state index contributed by atoms with van der Waals surface area (Å²) in [7, 11) is 0. The van der Waals surface area contributed by atoms with E-state index in [4.69, 9.17) is 15.0 Å². The van der Waals surface area contributed by atoms with Crippen LogP contribution in [0.15, 0.2) is 64.4 Å². The van der Waals surface area contributed by atoms with Gasteiger partial charge in [0.05, 0.1) is 24.6 Å². The van der Waals surface area contributed by atoms with Crippen LogP contribution in [0.2, 0.25) is 0 Å². The predicted octanol–water partition coefficient (Wildman–Crippen LogP) is 3.12. The Kier molecular flexibility index (Phi) is 8.03. The highest BCUT2D eigenvalue weighted by Crippen LogP contribution is 2.20. The molecule has 0 aliphatic heterocycles. The molecule has 2 heterocycles. The number of hydrogen-bond donors (Lipinski definition) is 2. The van der Waals surface area contributed by atoms with E-state index in [0.29, 0.717) is 17.0 Å². The van der Waals surface area contributed by atoms with E-state index < -0.39 is 17.3 Å². The lowest BCUT2D eigenvalue weighted by molar-refractivity contribution is -0.157. The average Bonchev–Trinajstić information content (AvgIpc) is 3.37. The molecule has 3 rings (SSSR count). The molecule has 0 bridgehead atoms. The Balaban J connectivity index is 1.85. The van der Waals surface area contributed by atoms with E-state index in [1.54, 1.807) is 31.2 Å². The fourth-order valence-electron chi connectivity index (χ4n) is 2.80. The molecule has 0 radical (unpaired) electrons. The van der Waals surface area contributed by atoms with Crippen LogP contribution in [-0.4, -0.2) is 39.3 Å². The molecule has 1 amide bonds. The van der Waals surface area contributed by atoms with Crippen molar-refractivity contribution in [1.29, 1.82) is 0 Å². The van der Waals surface area contributed by atoms with Crippen molar-refractivity contribution in [3.63, 3.8) is 0 Å². The van der Waals surface area contributed by atoms with Crippen LogP contribution in [0, 0.1) is 11.2 Å². The third-order valence-corrected chi connectivity index (χ3v) is 4.88. The second kappa shape index (κ2) is 11.1. The molecule has 0 aliphatic carbocycles. The van der Waals surface area contributed by atoms with E-state index >= 15 is 0 Å². The number of nitrogens with two attached hydrogens (primary N) is 1. The van der Waals surface area contributed by atoms with Crippen LogP contribution in [-0.2, 0) is 20.9 Å². The van der Waals surface area contributed by atoms with Gasteiger partial charge in [0.25, 0.3) is 0 Å². The van der Waals surface area contributed by atoms with Gasteiger partial charge in [-0.1, -0.05) is 23.4 Å². The van der Waals surface area contributed by atoms with Gasteiger partial charge < -0.3 is 20.3 Å². The highest BCUT2D eigenvalue weighted by Gasteiger charge is 2.37. The number of aliphatic imine (C=N–C) groups is 1. The van der Waals surface area contributed by atoms with E-state index in [1.165, 1.54) is 44.5 Å². The minimum atomic E-state index is -1.43. The Morgan fingerprint density at radius 1 is 1.26 bits per heavy atom. The van der Waals surface area contributed by atoms with Gasteiger partial charge in [0.2, 0.25) is 5.91 Å². The Labute approximate surface area is 201 Å². The van der Waals surface area contributed by atoms with E-state index in [2.05, 4.69) is 25.4 Å². The summed E-state index contributed by atoms with van der Waals surface area (Å²) in [5.74, 6) is -1.41. The number of nitrogens with one attached hydrogen (secondary N) is 1. The zero-order valence-corrected chi connectivity index (χ0v) is 19.5. The largest absolute Gasteiger partial charge is 0.465 e. The number of aromatic nitrogens is 3. The van der Waals surface area contributed by atoms with Crippen LogP contribution in [0.4, 0.5) is 10.2 Å². The normalized spacial score (nSPS) is 12.3. The number of rotatable bonds is 9.